The molecule has 1 rings (SSSR count). The molecule has 0 aromatic carbocycles. The highest BCUT2D eigenvalue weighted by molar-refractivity contribution is 5.03. The van der Waals surface area contributed by atoms with E-state index in [0.29, 0.717) is 11.3 Å². The van der Waals surface area contributed by atoms with Crippen molar-refractivity contribution in [3.05, 3.63) is 24.2 Å². The molecule has 2 heteroatoms. The van der Waals surface area contributed by atoms with E-state index in [-0.39, 0.29) is 6.04 Å². The molecule has 0 bridgehead atoms. The van der Waals surface area contributed by atoms with Gasteiger partial charge in [-0.05, 0) is 36.3 Å². The number of rotatable bonds is 4. The molecule has 2 nitrogen and oxygen atoms in total. The van der Waals surface area contributed by atoms with Crippen molar-refractivity contribution in [3.63, 3.8) is 0 Å². The molecule has 0 spiro atoms. The lowest BCUT2D eigenvalue weighted by Crippen LogP contribution is -2.17. The first-order valence-electron chi connectivity index (χ1n) is 5.67. The summed E-state index contributed by atoms with van der Waals surface area (Å²) in [7, 11) is 0. The van der Waals surface area contributed by atoms with Crippen LogP contribution in [0.4, 0.5) is 0 Å². The van der Waals surface area contributed by atoms with Gasteiger partial charge in [0.2, 0.25) is 0 Å². The average molecular weight is 209 g/mol. The van der Waals surface area contributed by atoms with Gasteiger partial charge in [0.25, 0.3) is 0 Å². The van der Waals surface area contributed by atoms with Crippen LogP contribution in [0.3, 0.4) is 0 Å². The molecule has 15 heavy (non-hydrogen) atoms. The predicted octanol–water partition coefficient (Wildman–Crippen LogP) is 3.74. The molecule has 1 aromatic rings. The highest BCUT2D eigenvalue weighted by Crippen LogP contribution is 2.29. The summed E-state index contributed by atoms with van der Waals surface area (Å²) in [6.07, 6.45) is 3.87. The molecule has 1 heterocycles. The van der Waals surface area contributed by atoms with E-state index in [9.17, 15) is 0 Å². The highest BCUT2D eigenvalue weighted by atomic mass is 16.3. The molecule has 0 fully saturated rings. The van der Waals surface area contributed by atoms with Crippen LogP contribution in [0.15, 0.2) is 22.8 Å². The van der Waals surface area contributed by atoms with Crippen molar-refractivity contribution < 1.29 is 4.42 Å². The van der Waals surface area contributed by atoms with Gasteiger partial charge in [-0.3, -0.25) is 0 Å². The fourth-order valence-electron chi connectivity index (χ4n) is 2.18. The number of hydrogen-bond acceptors (Lipinski definition) is 2. The summed E-state index contributed by atoms with van der Waals surface area (Å²) in [6, 6.07) is 3.88. The van der Waals surface area contributed by atoms with Crippen molar-refractivity contribution in [3.8, 4) is 0 Å². The van der Waals surface area contributed by atoms with E-state index < -0.39 is 0 Å². The van der Waals surface area contributed by atoms with Gasteiger partial charge in [-0.25, -0.2) is 0 Å². The molecule has 0 saturated carbocycles. The zero-order valence-corrected chi connectivity index (χ0v) is 10.3. The summed E-state index contributed by atoms with van der Waals surface area (Å²) < 4.78 is 5.30. The number of furan rings is 1. The van der Waals surface area contributed by atoms with Crippen molar-refractivity contribution in [1.29, 1.82) is 0 Å². The minimum absolute atomic E-state index is 0.0392. The summed E-state index contributed by atoms with van der Waals surface area (Å²) in [5.74, 6) is 1.53. The van der Waals surface area contributed by atoms with Gasteiger partial charge >= 0.3 is 0 Å². The molecule has 86 valence electrons. The Morgan fingerprint density at radius 1 is 1.40 bits per heavy atom. The standard InChI is InChI=1S/C13H23NO/c1-10(9-13(2,3)4)8-11(14)12-6-5-7-15-12/h5-7,10-11H,8-9,14H2,1-4H3. The van der Waals surface area contributed by atoms with E-state index >= 15 is 0 Å². The smallest absolute Gasteiger partial charge is 0.120 e. The molecule has 0 aliphatic rings. The maximum atomic E-state index is 6.07. The second kappa shape index (κ2) is 4.84. The Bertz CT molecular complexity index is 271. The van der Waals surface area contributed by atoms with Crippen molar-refractivity contribution in [1.82, 2.24) is 0 Å². The first kappa shape index (κ1) is 12.3. The fourth-order valence-corrected chi connectivity index (χ4v) is 2.18. The normalized spacial score (nSPS) is 16.3. The van der Waals surface area contributed by atoms with Crippen LogP contribution in [-0.4, -0.2) is 0 Å². The molecule has 0 saturated heterocycles. The monoisotopic (exact) mass is 209 g/mol. The van der Waals surface area contributed by atoms with Crippen LogP contribution in [0, 0.1) is 11.3 Å². The van der Waals surface area contributed by atoms with Gasteiger partial charge in [0.05, 0.1) is 12.3 Å². The van der Waals surface area contributed by atoms with E-state index in [1.165, 1.54) is 6.42 Å². The largest absolute Gasteiger partial charge is 0.468 e. The second-order valence-electron chi connectivity index (χ2n) is 5.73. The van der Waals surface area contributed by atoms with Crippen molar-refractivity contribution >= 4 is 0 Å². The van der Waals surface area contributed by atoms with Gasteiger partial charge in [-0.2, -0.15) is 0 Å². The maximum Gasteiger partial charge on any atom is 0.120 e. The van der Waals surface area contributed by atoms with Crippen LogP contribution in [-0.2, 0) is 0 Å². The summed E-state index contributed by atoms with van der Waals surface area (Å²) in [4.78, 5) is 0. The number of hydrogen-bond donors (Lipinski definition) is 1. The zero-order chi connectivity index (χ0) is 11.5. The third-order valence-electron chi connectivity index (χ3n) is 2.53. The fraction of sp³-hybridized carbons (Fsp3) is 0.692. The van der Waals surface area contributed by atoms with Gasteiger partial charge in [0, 0.05) is 0 Å². The van der Waals surface area contributed by atoms with Crippen molar-refractivity contribution in [2.24, 2.45) is 17.1 Å². The summed E-state index contributed by atoms with van der Waals surface area (Å²) in [5.41, 5.74) is 6.44. The molecule has 0 aliphatic heterocycles. The molecule has 2 N–H and O–H groups in total. The Labute approximate surface area is 92.9 Å². The molecule has 0 amide bonds. The SMILES string of the molecule is CC(CC(N)c1ccco1)CC(C)(C)C. The molecule has 2 unspecified atom stereocenters. The summed E-state index contributed by atoms with van der Waals surface area (Å²) in [5, 5.41) is 0. The first-order valence-corrected chi connectivity index (χ1v) is 5.67. The third-order valence-corrected chi connectivity index (χ3v) is 2.53. The molecule has 0 aliphatic carbocycles. The zero-order valence-electron chi connectivity index (χ0n) is 10.3. The Morgan fingerprint density at radius 3 is 2.53 bits per heavy atom. The van der Waals surface area contributed by atoms with E-state index in [0.717, 1.165) is 12.2 Å². The van der Waals surface area contributed by atoms with Crippen molar-refractivity contribution in [2.45, 2.75) is 46.6 Å². The van der Waals surface area contributed by atoms with Crippen LogP contribution in [0.1, 0.15) is 52.3 Å². The van der Waals surface area contributed by atoms with Crippen LogP contribution < -0.4 is 5.73 Å². The summed E-state index contributed by atoms with van der Waals surface area (Å²) >= 11 is 0. The third kappa shape index (κ3) is 4.52. The van der Waals surface area contributed by atoms with Crippen LogP contribution in [0.2, 0.25) is 0 Å². The molecule has 2 atom stereocenters. The van der Waals surface area contributed by atoms with E-state index in [1.54, 1.807) is 6.26 Å². The van der Waals surface area contributed by atoms with Crippen LogP contribution >= 0.6 is 0 Å². The Morgan fingerprint density at radius 2 is 2.07 bits per heavy atom. The molecule has 0 radical (unpaired) electrons. The molecule has 1 aromatic heterocycles. The molecular weight excluding hydrogens is 186 g/mol. The minimum atomic E-state index is 0.0392. The topological polar surface area (TPSA) is 39.2 Å². The second-order valence-corrected chi connectivity index (χ2v) is 5.73. The van der Waals surface area contributed by atoms with Gasteiger partial charge in [-0.15, -0.1) is 0 Å². The predicted molar refractivity (Wildman–Crippen MR) is 63.5 cm³/mol. The van der Waals surface area contributed by atoms with Gasteiger partial charge in [-0.1, -0.05) is 27.7 Å². The lowest BCUT2D eigenvalue weighted by atomic mass is 9.83. The highest BCUT2D eigenvalue weighted by Gasteiger charge is 2.19. The average Bonchev–Trinajstić information content (AvgIpc) is 2.50. The van der Waals surface area contributed by atoms with E-state index in [1.807, 2.05) is 12.1 Å². The first-order chi connectivity index (χ1) is 6.88. The Balaban J connectivity index is 2.42. The number of nitrogens with two attached hydrogens (primary N) is 1. The van der Waals surface area contributed by atoms with Gasteiger partial charge < -0.3 is 10.2 Å². The quantitative estimate of drug-likeness (QED) is 0.820. The maximum absolute atomic E-state index is 6.07. The minimum Gasteiger partial charge on any atom is -0.468 e. The molecular formula is C13H23NO. The summed E-state index contributed by atoms with van der Waals surface area (Å²) in [6.45, 7) is 9.06. The van der Waals surface area contributed by atoms with Gasteiger partial charge in [0.1, 0.15) is 5.76 Å². The van der Waals surface area contributed by atoms with E-state index in [4.69, 9.17) is 10.2 Å². The van der Waals surface area contributed by atoms with Crippen LogP contribution in [0.25, 0.3) is 0 Å². The van der Waals surface area contributed by atoms with E-state index in [2.05, 4.69) is 27.7 Å². The van der Waals surface area contributed by atoms with Gasteiger partial charge in [0.15, 0.2) is 0 Å². The Hall–Kier alpha value is -0.760. The van der Waals surface area contributed by atoms with Crippen LogP contribution in [0.5, 0.6) is 0 Å². The van der Waals surface area contributed by atoms with Crippen molar-refractivity contribution in [2.75, 3.05) is 0 Å². The lowest BCUT2D eigenvalue weighted by Gasteiger charge is -2.24. The lowest BCUT2D eigenvalue weighted by molar-refractivity contribution is 0.278. The Kier molecular flexibility index (Phi) is 3.97.